The van der Waals surface area contributed by atoms with E-state index in [4.69, 9.17) is 10.2 Å². The van der Waals surface area contributed by atoms with E-state index in [1.165, 1.54) is 20.8 Å². The number of rotatable bonds is 9. The molecule has 3 amide bonds. The van der Waals surface area contributed by atoms with Crippen LogP contribution in [0.5, 0.6) is 0 Å². The maximum atomic E-state index is 10.5. The Hall–Kier alpha value is -2.25. The Balaban J connectivity index is 0. The number of hydrogen-bond donors (Lipinski definition) is 2. The number of aliphatic carboxylic acids is 2. The first-order valence-corrected chi connectivity index (χ1v) is 7.85. The fraction of sp³-hybridized carbons (Fsp3) is 0.688. The molecule has 0 aliphatic heterocycles. The van der Waals surface area contributed by atoms with Gasteiger partial charge in [0.05, 0.1) is 0 Å². The van der Waals surface area contributed by atoms with Crippen LogP contribution >= 0.6 is 0 Å². The van der Waals surface area contributed by atoms with Gasteiger partial charge in [0.2, 0.25) is 17.7 Å². The summed E-state index contributed by atoms with van der Waals surface area (Å²) >= 11 is 0. The SMILES string of the molecule is CC(=O)N(C(C)=O)C(C)=O.O=C(O)CCCCCCCCC(=O)O. The van der Waals surface area contributed by atoms with Crippen molar-refractivity contribution in [2.75, 3.05) is 0 Å². The number of unbranched alkanes of at least 4 members (excludes halogenated alkanes) is 5. The van der Waals surface area contributed by atoms with Crippen molar-refractivity contribution in [3.63, 3.8) is 0 Å². The highest BCUT2D eigenvalue weighted by Gasteiger charge is 2.17. The second kappa shape index (κ2) is 14.3. The van der Waals surface area contributed by atoms with Gasteiger partial charge in [0, 0.05) is 33.6 Å². The second-order valence-corrected chi connectivity index (χ2v) is 5.30. The molecule has 0 fully saturated rings. The van der Waals surface area contributed by atoms with Gasteiger partial charge in [-0.15, -0.1) is 0 Å². The lowest BCUT2D eigenvalue weighted by Gasteiger charge is -2.10. The number of carbonyl (C=O) groups is 5. The summed E-state index contributed by atoms with van der Waals surface area (Å²) in [5.41, 5.74) is 0. The van der Waals surface area contributed by atoms with E-state index in [0.29, 0.717) is 4.90 Å². The standard InChI is InChI=1S/C10H18O4.C6H9NO3/c11-9(12)7-5-3-1-2-4-6-8-10(13)14;1-4(8)7(5(2)9)6(3)10/h1-8H2,(H,11,12)(H,13,14);1-3H3. The minimum Gasteiger partial charge on any atom is -0.481 e. The van der Waals surface area contributed by atoms with Crippen LogP contribution < -0.4 is 0 Å². The maximum absolute atomic E-state index is 10.5. The zero-order valence-corrected chi connectivity index (χ0v) is 14.5. The number of imide groups is 3. The van der Waals surface area contributed by atoms with Crippen LogP contribution in [0.2, 0.25) is 0 Å². The molecule has 0 heterocycles. The van der Waals surface area contributed by atoms with Crippen molar-refractivity contribution in [1.82, 2.24) is 4.90 Å². The van der Waals surface area contributed by atoms with E-state index in [2.05, 4.69) is 0 Å². The summed E-state index contributed by atoms with van der Waals surface area (Å²) in [6.45, 7) is 3.51. The Kier molecular flexibility index (Phi) is 14.4. The Bertz CT molecular complexity index is 392. The first-order chi connectivity index (χ1) is 11.1. The van der Waals surface area contributed by atoms with E-state index in [1.807, 2.05) is 0 Å². The molecule has 0 aliphatic carbocycles. The smallest absolute Gasteiger partial charge is 0.303 e. The second-order valence-electron chi connectivity index (χ2n) is 5.30. The number of carboxylic acid groups (broad SMARTS) is 2. The van der Waals surface area contributed by atoms with Crippen molar-refractivity contribution < 1.29 is 34.2 Å². The molecule has 0 radical (unpaired) electrons. The zero-order valence-electron chi connectivity index (χ0n) is 14.5. The maximum Gasteiger partial charge on any atom is 0.303 e. The van der Waals surface area contributed by atoms with Crippen LogP contribution in [-0.2, 0) is 24.0 Å². The monoisotopic (exact) mass is 345 g/mol. The molecule has 138 valence electrons. The lowest BCUT2D eigenvalue weighted by Crippen LogP contribution is -2.37. The van der Waals surface area contributed by atoms with E-state index in [0.717, 1.165) is 38.5 Å². The van der Waals surface area contributed by atoms with E-state index < -0.39 is 29.7 Å². The predicted octanol–water partition coefficient (Wildman–Crippen LogP) is 2.20. The quantitative estimate of drug-likeness (QED) is 0.613. The van der Waals surface area contributed by atoms with Crippen LogP contribution in [0.1, 0.15) is 72.1 Å². The zero-order chi connectivity index (χ0) is 19.1. The van der Waals surface area contributed by atoms with Crippen LogP contribution in [0.25, 0.3) is 0 Å². The average Bonchev–Trinajstić information content (AvgIpc) is 2.40. The van der Waals surface area contributed by atoms with Gasteiger partial charge in [0.1, 0.15) is 0 Å². The number of carbonyl (C=O) groups excluding carboxylic acids is 3. The molecule has 0 aromatic carbocycles. The van der Waals surface area contributed by atoms with Gasteiger partial charge < -0.3 is 10.2 Å². The van der Waals surface area contributed by atoms with E-state index >= 15 is 0 Å². The van der Waals surface area contributed by atoms with Crippen LogP contribution in [0.4, 0.5) is 0 Å². The largest absolute Gasteiger partial charge is 0.481 e. The summed E-state index contributed by atoms with van der Waals surface area (Å²) in [4.78, 5) is 52.4. The minimum atomic E-state index is -0.740. The number of amides is 3. The molecule has 0 unspecified atom stereocenters. The molecule has 0 bridgehead atoms. The van der Waals surface area contributed by atoms with Crippen molar-refractivity contribution in [3.05, 3.63) is 0 Å². The summed E-state index contributed by atoms with van der Waals surface area (Å²) in [6, 6.07) is 0. The number of hydrogen-bond acceptors (Lipinski definition) is 5. The van der Waals surface area contributed by atoms with Crippen LogP contribution in [0.3, 0.4) is 0 Å². The highest BCUT2D eigenvalue weighted by Crippen LogP contribution is 2.08. The first kappa shape index (κ1) is 24.0. The topological polar surface area (TPSA) is 129 Å². The summed E-state index contributed by atoms with van der Waals surface area (Å²) in [6.07, 6.45) is 5.82. The van der Waals surface area contributed by atoms with Gasteiger partial charge in [-0.3, -0.25) is 24.0 Å². The van der Waals surface area contributed by atoms with Gasteiger partial charge in [-0.25, -0.2) is 4.90 Å². The Labute approximate surface area is 141 Å². The first-order valence-electron chi connectivity index (χ1n) is 7.85. The van der Waals surface area contributed by atoms with E-state index in [-0.39, 0.29) is 12.8 Å². The van der Waals surface area contributed by atoms with Crippen LogP contribution in [0, 0.1) is 0 Å². The van der Waals surface area contributed by atoms with Crippen molar-refractivity contribution in [1.29, 1.82) is 0 Å². The Morgan fingerprint density at radius 3 is 1.00 bits per heavy atom. The van der Waals surface area contributed by atoms with Crippen molar-refractivity contribution in [2.45, 2.75) is 72.1 Å². The molecule has 8 nitrogen and oxygen atoms in total. The van der Waals surface area contributed by atoms with Gasteiger partial charge in [-0.2, -0.15) is 0 Å². The molecule has 0 rings (SSSR count). The molecular weight excluding hydrogens is 318 g/mol. The number of nitrogens with zero attached hydrogens (tertiary/aromatic N) is 1. The molecule has 0 saturated carbocycles. The molecular formula is C16H27NO7. The summed E-state index contributed by atoms with van der Waals surface area (Å²) in [5, 5.41) is 16.7. The van der Waals surface area contributed by atoms with Gasteiger partial charge >= 0.3 is 11.9 Å². The fourth-order valence-electron chi connectivity index (χ4n) is 1.92. The normalized spacial score (nSPS) is 9.46. The van der Waals surface area contributed by atoms with Gasteiger partial charge in [0.15, 0.2) is 0 Å². The molecule has 2 N–H and O–H groups in total. The van der Waals surface area contributed by atoms with Crippen LogP contribution in [0.15, 0.2) is 0 Å². The van der Waals surface area contributed by atoms with E-state index in [9.17, 15) is 24.0 Å². The molecule has 0 atom stereocenters. The molecule has 0 saturated heterocycles. The summed E-state index contributed by atoms with van der Waals surface area (Å²) in [7, 11) is 0. The predicted molar refractivity (Wildman–Crippen MR) is 86.1 cm³/mol. The third-order valence-electron chi connectivity index (χ3n) is 2.98. The highest BCUT2D eigenvalue weighted by molar-refractivity contribution is 6.08. The highest BCUT2D eigenvalue weighted by atomic mass is 16.4. The summed E-state index contributed by atoms with van der Waals surface area (Å²) < 4.78 is 0. The molecule has 0 aliphatic rings. The Morgan fingerprint density at radius 1 is 0.583 bits per heavy atom. The van der Waals surface area contributed by atoms with Crippen molar-refractivity contribution >= 4 is 29.7 Å². The lowest BCUT2D eigenvalue weighted by atomic mass is 10.1. The fourth-order valence-corrected chi connectivity index (χ4v) is 1.92. The number of carboxylic acids is 2. The average molecular weight is 345 g/mol. The van der Waals surface area contributed by atoms with Gasteiger partial charge in [0.25, 0.3) is 0 Å². The molecule has 0 aromatic heterocycles. The third kappa shape index (κ3) is 16.1. The van der Waals surface area contributed by atoms with Crippen LogP contribution in [-0.4, -0.2) is 44.8 Å². The molecule has 24 heavy (non-hydrogen) atoms. The van der Waals surface area contributed by atoms with Gasteiger partial charge in [-0.1, -0.05) is 25.7 Å². The molecule has 0 aromatic rings. The lowest BCUT2D eigenvalue weighted by molar-refractivity contribution is -0.151. The molecule has 8 heteroatoms. The van der Waals surface area contributed by atoms with E-state index in [1.54, 1.807) is 0 Å². The van der Waals surface area contributed by atoms with Crippen molar-refractivity contribution in [3.8, 4) is 0 Å². The van der Waals surface area contributed by atoms with Gasteiger partial charge in [-0.05, 0) is 12.8 Å². The van der Waals surface area contributed by atoms with Crippen molar-refractivity contribution in [2.24, 2.45) is 0 Å². The molecule has 0 spiro atoms. The minimum absolute atomic E-state index is 0.245. The summed E-state index contributed by atoms with van der Waals surface area (Å²) in [5.74, 6) is -3.10. The third-order valence-corrected chi connectivity index (χ3v) is 2.98. The Morgan fingerprint density at radius 2 is 0.833 bits per heavy atom.